The Hall–Kier alpha value is -3.16. The van der Waals surface area contributed by atoms with E-state index in [0.29, 0.717) is 17.3 Å². The van der Waals surface area contributed by atoms with Gasteiger partial charge < -0.3 is 15.0 Å². The molecule has 0 aliphatic heterocycles. The molecule has 0 saturated carbocycles. The minimum Gasteiger partial charge on any atom is -0.444 e. The van der Waals surface area contributed by atoms with Gasteiger partial charge in [0.1, 0.15) is 16.4 Å². The molecule has 0 aliphatic rings. The summed E-state index contributed by atoms with van der Waals surface area (Å²) in [5, 5.41) is 3.47. The highest BCUT2D eigenvalue weighted by Crippen LogP contribution is 2.36. The average Bonchev–Trinajstić information content (AvgIpc) is 2.76. The second-order valence-corrected chi connectivity index (χ2v) is 9.52. The maximum absolute atomic E-state index is 12.8. The predicted octanol–water partition coefficient (Wildman–Crippen LogP) is 6.38. The van der Waals surface area contributed by atoms with Gasteiger partial charge in [0.05, 0.1) is 11.6 Å². The summed E-state index contributed by atoms with van der Waals surface area (Å²) in [7, 11) is 1.65. The van der Waals surface area contributed by atoms with Crippen LogP contribution in [0.5, 0.6) is 0 Å². The van der Waals surface area contributed by atoms with Crippen molar-refractivity contribution in [1.82, 2.24) is 14.9 Å². The number of ether oxygens (including phenoxy) is 1. The van der Waals surface area contributed by atoms with Crippen LogP contribution in [0.1, 0.15) is 42.4 Å². The normalized spacial score (nSPS) is 11.1. The number of carbonyl (C=O) groups is 2. The average molecular weight is 501 g/mol. The Morgan fingerprint density at radius 1 is 1.06 bits per heavy atom. The zero-order valence-electron chi connectivity index (χ0n) is 19.6. The first-order valence-electron chi connectivity index (χ1n) is 10.6. The molecule has 178 valence electrons. The Labute approximate surface area is 209 Å². The smallest absolute Gasteiger partial charge is 0.410 e. The van der Waals surface area contributed by atoms with Crippen LogP contribution in [0, 0.1) is 6.92 Å². The van der Waals surface area contributed by atoms with E-state index < -0.39 is 11.7 Å². The number of pyridine rings is 2. The van der Waals surface area contributed by atoms with Gasteiger partial charge in [0.15, 0.2) is 0 Å². The van der Waals surface area contributed by atoms with Crippen molar-refractivity contribution in [2.45, 2.75) is 39.8 Å². The van der Waals surface area contributed by atoms with Gasteiger partial charge in [0, 0.05) is 30.7 Å². The summed E-state index contributed by atoms with van der Waals surface area (Å²) in [6.45, 7) is 7.63. The largest absolute Gasteiger partial charge is 0.444 e. The van der Waals surface area contributed by atoms with Gasteiger partial charge in [-0.15, -0.1) is 0 Å². The first kappa shape index (κ1) is 25.5. The molecule has 2 amide bonds. The van der Waals surface area contributed by atoms with E-state index in [1.165, 1.54) is 4.90 Å². The maximum atomic E-state index is 12.8. The van der Waals surface area contributed by atoms with E-state index >= 15 is 0 Å². The van der Waals surface area contributed by atoms with Gasteiger partial charge in [0.25, 0.3) is 5.91 Å². The van der Waals surface area contributed by atoms with Crippen molar-refractivity contribution in [2.75, 3.05) is 12.4 Å². The van der Waals surface area contributed by atoms with Gasteiger partial charge >= 0.3 is 6.09 Å². The Morgan fingerprint density at radius 2 is 1.79 bits per heavy atom. The summed E-state index contributed by atoms with van der Waals surface area (Å²) in [6.07, 6.45) is 2.72. The van der Waals surface area contributed by atoms with Gasteiger partial charge in [0.2, 0.25) is 0 Å². The van der Waals surface area contributed by atoms with E-state index in [0.717, 1.165) is 22.3 Å². The van der Waals surface area contributed by atoms with Gasteiger partial charge in [-0.05, 0) is 62.6 Å². The number of nitrogens with zero attached hydrogens (tertiary/aromatic N) is 3. The standard InChI is InChI=1S/C25H26Cl2N4O3/c1-15-17(18-11-12-28-22(27)21(18)26)7-6-8-19(15)30-23(32)20-10-9-16(13-29-20)14-31(5)24(33)34-25(2,3)4/h6-13H,14H2,1-5H3,(H,30,32). The van der Waals surface area contributed by atoms with Crippen LogP contribution in [0.15, 0.2) is 48.8 Å². The molecule has 0 radical (unpaired) electrons. The lowest BCUT2D eigenvalue weighted by molar-refractivity contribution is 0.0285. The van der Waals surface area contributed by atoms with Crippen LogP contribution in [-0.2, 0) is 11.3 Å². The Balaban J connectivity index is 1.72. The number of benzene rings is 1. The summed E-state index contributed by atoms with van der Waals surface area (Å²) >= 11 is 12.4. The van der Waals surface area contributed by atoms with E-state index in [9.17, 15) is 9.59 Å². The molecule has 1 N–H and O–H groups in total. The summed E-state index contributed by atoms with van der Waals surface area (Å²) in [6, 6.07) is 10.7. The molecular formula is C25H26Cl2N4O3. The van der Waals surface area contributed by atoms with Crippen LogP contribution in [0.2, 0.25) is 10.2 Å². The lowest BCUT2D eigenvalue weighted by Crippen LogP contribution is -2.33. The monoisotopic (exact) mass is 500 g/mol. The van der Waals surface area contributed by atoms with Crippen molar-refractivity contribution in [3.63, 3.8) is 0 Å². The fraction of sp³-hybridized carbons (Fsp3) is 0.280. The first-order valence-corrected chi connectivity index (χ1v) is 11.3. The Kier molecular flexibility index (Phi) is 7.79. The molecule has 0 saturated heterocycles. The minimum absolute atomic E-state index is 0.217. The highest BCUT2D eigenvalue weighted by molar-refractivity contribution is 6.43. The first-order chi connectivity index (χ1) is 16.0. The zero-order chi connectivity index (χ0) is 25.0. The van der Waals surface area contributed by atoms with Crippen LogP contribution >= 0.6 is 23.2 Å². The third-order valence-corrected chi connectivity index (χ3v) is 5.67. The van der Waals surface area contributed by atoms with Crippen molar-refractivity contribution < 1.29 is 14.3 Å². The Morgan fingerprint density at radius 3 is 2.44 bits per heavy atom. The summed E-state index contributed by atoms with van der Waals surface area (Å²) < 4.78 is 5.35. The van der Waals surface area contributed by atoms with Crippen LogP contribution < -0.4 is 5.32 Å². The van der Waals surface area contributed by atoms with Crippen molar-refractivity contribution in [1.29, 1.82) is 0 Å². The van der Waals surface area contributed by atoms with E-state index in [1.54, 1.807) is 43.7 Å². The molecule has 3 rings (SSSR count). The van der Waals surface area contributed by atoms with Gasteiger partial charge in [-0.3, -0.25) is 9.78 Å². The molecule has 7 nitrogen and oxygen atoms in total. The number of rotatable bonds is 5. The van der Waals surface area contributed by atoms with Crippen LogP contribution in [-0.4, -0.2) is 39.5 Å². The Bertz CT molecular complexity index is 1210. The topological polar surface area (TPSA) is 84.4 Å². The third kappa shape index (κ3) is 6.24. The minimum atomic E-state index is -0.573. The van der Waals surface area contributed by atoms with Crippen molar-refractivity contribution in [3.05, 3.63) is 75.8 Å². The molecule has 0 atom stereocenters. The highest BCUT2D eigenvalue weighted by atomic mass is 35.5. The molecule has 0 unspecified atom stereocenters. The van der Waals surface area contributed by atoms with E-state index in [2.05, 4.69) is 15.3 Å². The second kappa shape index (κ2) is 10.4. The molecule has 9 heteroatoms. The fourth-order valence-electron chi connectivity index (χ4n) is 3.21. The molecule has 2 aromatic heterocycles. The van der Waals surface area contributed by atoms with E-state index in [1.807, 2.05) is 39.8 Å². The molecule has 0 spiro atoms. The number of amides is 2. The quantitative estimate of drug-likeness (QED) is 0.410. The van der Waals surface area contributed by atoms with Crippen molar-refractivity contribution >= 4 is 40.9 Å². The SMILES string of the molecule is Cc1c(NC(=O)c2ccc(CN(C)C(=O)OC(C)(C)C)cn2)cccc1-c1ccnc(Cl)c1Cl. The van der Waals surface area contributed by atoms with Gasteiger partial charge in [-0.1, -0.05) is 41.4 Å². The highest BCUT2D eigenvalue weighted by Gasteiger charge is 2.20. The number of nitrogens with one attached hydrogen (secondary N) is 1. The number of anilines is 1. The summed E-state index contributed by atoms with van der Waals surface area (Å²) in [5.74, 6) is -0.355. The molecule has 34 heavy (non-hydrogen) atoms. The van der Waals surface area contributed by atoms with Gasteiger partial charge in [-0.2, -0.15) is 0 Å². The van der Waals surface area contributed by atoms with E-state index in [4.69, 9.17) is 27.9 Å². The molecule has 2 heterocycles. The van der Waals surface area contributed by atoms with Crippen LogP contribution in [0.3, 0.4) is 0 Å². The molecular weight excluding hydrogens is 475 g/mol. The number of hydrogen-bond acceptors (Lipinski definition) is 5. The van der Waals surface area contributed by atoms with Crippen LogP contribution in [0.25, 0.3) is 11.1 Å². The lowest BCUT2D eigenvalue weighted by Gasteiger charge is -2.24. The third-order valence-electron chi connectivity index (χ3n) is 4.90. The summed E-state index contributed by atoms with van der Waals surface area (Å²) in [4.78, 5) is 34.7. The number of halogens is 2. The predicted molar refractivity (Wildman–Crippen MR) is 134 cm³/mol. The van der Waals surface area contributed by atoms with Crippen molar-refractivity contribution in [3.8, 4) is 11.1 Å². The molecule has 3 aromatic rings. The lowest BCUT2D eigenvalue weighted by atomic mass is 10.00. The van der Waals surface area contributed by atoms with Gasteiger partial charge in [-0.25, -0.2) is 9.78 Å². The zero-order valence-corrected chi connectivity index (χ0v) is 21.2. The second-order valence-electron chi connectivity index (χ2n) is 8.78. The van der Waals surface area contributed by atoms with E-state index in [-0.39, 0.29) is 16.8 Å². The van der Waals surface area contributed by atoms with Crippen molar-refractivity contribution in [2.24, 2.45) is 0 Å². The van der Waals surface area contributed by atoms with Crippen LogP contribution in [0.4, 0.5) is 10.5 Å². The molecule has 0 aliphatic carbocycles. The molecule has 0 bridgehead atoms. The summed E-state index contributed by atoms with van der Waals surface area (Å²) in [5.41, 5.74) is 3.46. The molecule has 0 fully saturated rings. The number of aromatic nitrogens is 2. The number of carbonyl (C=O) groups excluding carboxylic acids is 2. The maximum Gasteiger partial charge on any atom is 0.410 e. The fourth-order valence-corrected chi connectivity index (χ4v) is 3.58. The molecule has 1 aromatic carbocycles. The number of hydrogen-bond donors (Lipinski definition) is 1.